The quantitative estimate of drug-likeness (QED) is 0.400. The molecule has 0 aliphatic heterocycles. The van der Waals surface area contributed by atoms with E-state index in [1.165, 1.54) is 17.0 Å². The number of carbonyl (C=O) groups is 2. The van der Waals surface area contributed by atoms with E-state index in [9.17, 15) is 14.0 Å². The Kier molecular flexibility index (Phi) is 9.84. The Morgan fingerprint density at radius 1 is 0.886 bits per heavy atom. The van der Waals surface area contributed by atoms with Crippen LogP contribution in [0, 0.1) is 11.7 Å². The van der Waals surface area contributed by atoms with Gasteiger partial charge in [-0.15, -0.1) is 0 Å². The molecule has 0 aromatic heterocycles. The second kappa shape index (κ2) is 13.3. The summed E-state index contributed by atoms with van der Waals surface area (Å²) < 4.78 is 19.2. The van der Waals surface area contributed by atoms with Gasteiger partial charge in [0.25, 0.3) is 5.91 Å². The Balaban J connectivity index is 1.86. The Labute approximate surface area is 206 Å². The van der Waals surface area contributed by atoms with Gasteiger partial charge in [-0.3, -0.25) is 9.59 Å². The van der Waals surface area contributed by atoms with Crippen LogP contribution in [0.15, 0.2) is 84.9 Å². The number of halogens is 1. The number of hydrogen-bond donors (Lipinski definition) is 1. The summed E-state index contributed by atoms with van der Waals surface area (Å²) in [7, 11) is 0. The van der Waals surface area contributed by atoms with Crippen molar-refractivity contribution in [2.45, 2.75) is 39.3 Å². The fraction of sp³-hybridized carbons (Fsp3) is 0.310. The standard InChI is InChI=1S/C29H33FN2O3/c1-22(2)17-18-31-29(34)27(19-23-9-5-3-6-10-23)32(20-24-13-15-25(30)16-14-24)28(33)21-35-26-11-7-4-8-12-26/h3-16,22,27H,17-21H2,1-2H3,(H,31,34)/t27-/m1/s1. The molecule has 0 radical (unpaired) electrons. The third kappa shape index (κ3) is 8.56. The largest absolute Gasteiger partial charge is 0.484 e. The topological polar surface area (TPSA) is 58.6 Å². The van der Waals surface area contributed by atoms with Crippen LogP contribution in [0.1, 0.15) is 31.4 Å². The molecule has 2 amide bonds. The summed E-state index contributed by atoms with van der Waals surface area (Å²) in [4.78, 5) is 28.4. The van der Waals surface area contributed by atoms with Gasteiger partial charge in [-0.25, -0.2) is 4.39 Å². The van der Waals surface area contributed by atoms with Gasteiger partial charge in [-0.1, -0.05) is 74.5 Å². The van der Waals surface area contributed by atoms with Crippen molar-refractivity contribution in [1.82, 2.24) is 10.2 Å². The van der Waals surface area contributed by atoms with Crippen molar-refractivity contribution >= 4 is 11.8 Å². The molecule has 0 fully saturated rings. The van der Waals surface area contributed by atoms with Gasteiger partial charge in [0.15, 0.2) is 6.61 Å². The summed E-state index contributed by atoms with van der Waals surface area (Å²) in [5, 5.41) is 3.00. The molecular formula is C29H33FN2O3. The first kappa shape index (κ1) is 25.9. The molecule has 3 aromatic carbocycles. The van der Waals surface area contributed by atoms with E-state index in [1.807, 2.05) is 48.5 Å². The molecule has 1 atom stereocenters. The Morgan fingerprint density at radius 2 is 1.51 bits per heavy atom. The van der Waals surface area contributed by atoms with Crippen LogP contribution in [0.5, 0.6) is 5.75 Å². The number of para-hydroxylation sites is 1. The van der Waals surface area contributed by atoms with Crippen molar-refractivity contribution in [2.24, 2.45) is 5.92 Å². The fourth-order valence-electron chi connectivity index (χ4n) is 3.69. The van der Waals surface area contributed by atoms with Gasteiger partial charge in [0.05, 0.1) is 0 Å². The van der Waals surface area contributed by atoms with Gasteiger partial charge >= 0.3 is 0 Å². The SMILES string of the molecule is CC(C)CCNC(=O)[C@@H](Cc1ccccc1)N(Cc1ccc(F)cc1)C(=O)COc1ccccc1. The molecule has 5 nitrogen and oxygen atoms in total. The van der Waals surface area contributed by atoms with Gasteiger partial charge in [-0.05, 0) is 47.7 Å². The van der Waals surface area contributed by atoms with Gasteiger partial charge in [-0.2, -0.15) is 0 Å². The monoisotopic (exact) mass is 476 g/mol. The maximum atomic E-state index is 13.5. The number of amides is 2. The summed E-state index contributed by atoms with van der Waals surface area (Å²) in [6.07, 6.45) is 1.19. The molecule has 184 valence electrons. The van der Waals surface area contributed by atoms with Crippen LogP contribution in [0.4, 0.5) is 4.39 Å². The molecule has 0 saturated heterocycles. The summed E-state index contributed by atoms with van der Waals surface area (Å²) in [5.41, 5.74) is 1.67. The minimum absolute atomic E-state index is 0.159. The molecule has 0 saturated carbocycles. The van der Waals surface area contributed by atoms with Crippen LogP contribution in [-0.2, 0) is 22.6 Å². The molecule has 35 heavy (non-hydrogen) atoms. The Hall–Kier alpha value is -3.67. The average molecular weight is 477 g/mol. The Bertz CT molecular complexity index is 1060. The smallest absolute Gasteiger partial charge is 0.261 e. The third-order valence-electron chi connectivity index (χ3n) is 5.66. The normalized spacial score (nSPS) is 11.7. The zero-order chi connectivity index (χ0) is 25.0. The van der Waals surface area contributed by atoms with Gasteiger partial charge in [0.1, 0.15) is 17.6 Å². The fourth-order valence-corrected chi connectivity index (χ4v) is 3.69. The van der Waals surface area contributed by atoms with Crippen molar-refractivity contribution in [3.05, 3.63) is 102 Å². The summed E-state index contributed by atoms with van der Waals surface area (Å²) >= 11 is 0. The van der Waals surface area contributed by atoms with Crippen LogP contribution in [0.3, 0.4) is 0 Å². The van der Waals surface area contributed by atoms with E-state index >= 15 is 0 Å². The first-order valence-electron chi connectivity index (χ1n) is 12.0. The van der Waals surface area contributed by atoms with Gasteiger partial charge < -0.3 is 15.0 Å². The number of ether oxygens (including phenoxy) is 1. The molecule has 0 heterocycles. The van der Waals surface area contributed by atoms with E-state index in [2.05, 4.69) is 19.2 Å². The first-order valence-corrected chi connectivity index (χ1v) is 12.0. The van der Waals surface area contributed by atoms with E-state index in [0.717, 1.165) is 17.5 Å². The van der Waals surface area contributed by atoms with E-state index in [0.29, 0.717) is 24.6 Å². The van der Waals surface area contributed by atoms with Crippen molar-refractivity contribution in [3.63, 3.8) is 0 Å². The van der Waals surface area contributed by atoms with E-state index in [-0.39, 0.29) is 30.8 Å². The maximum absolute atomic E-state index is 13.5. The van der Waals surface area contributed by atoms with Crippen LogP contribution in [0.2, 0.25) is 0 Å². The summed E-state index contributed by atoms with van der Waals surface area (Å²) in [5.74, 6) is 0.122. The lowest BCUT2D eigenvalue weighted by Gasteiger charge is -2.31. The molecule has 0 spiro atoms. The minimum atomic E-state index is -0.749. The maximum Gasteiger partial charge on any atom is 0.261 e. The highest BCUT2D eigenvalue weighted by molar-refractivity contribution is 5.88. The molecule has 0 bridgehead atoms. The second-order valence-electron chi connectivity index (χ2n) is 8.93. The number of rotatable bonds is 12. The number of benzene rings is 3. The molecule has 0 unspecified atom stereocenters. The lowest BCUT2D eigenvalue weighted by atomic mass is 10.0. The zero-order valence-corrected chi connectivity index (χ0v) is 20.3. The average Bonchev–Trinajstić information content (AvgIpc) is 2.86. The van der Waals surface area contributed by atoms with E-state index in [4.69, 9.17) is 4.74 Å². The molecule has 1 N–H and O–H groups in total. The van der Waals surface area contributed by atoms with Gasteiger partial charge in [0, 0.05) is 19.5 Å². The van der Waals surface area contributed by atoms with Crippen molar-refractivity contribution < 1.29 is 18.7 Å². The highest BCUT2D eigenvalue weighted by Gasteiger charge is 2.30. The molecule has 0 aliphatic rings. The second-order valence-corrected chi connectivity index (χ2v) is 8.93. The van der Waals surface area contributed by atoms with E-state index in [1.54, 1.807) is 24.3 Å². The van der Waals surface area contributed by atoms with Crippen LogP contribution in [0.25, 0.3) is 0 Å². The summed E-state index contributed by atoms with van der Waals surface area (Å²) in [6.45, 7) is 4.67. The Morgan fingerprint density at radius 3 is 2.14 bits per heavy atom. The predicted molar refractivity (Wildman–Crippen MR) is 135 cm³/mol. The highest BCUT2D eigenvalue weighted by Crippen LogP contribution is 2.17. The number of nitrogens with one attached hydrogen (secondary N) is 1. The third-order valence-corrected chi connectivity index (χ3v) is 5.66. The molecule has 6 heteroatoms. The number of carbonyl (C=O) groups excluding carboxylic acids is 2. The summed E-state index contributed by atoms with van der Waals surface area (Å²) in [6, 6.07) is 23.9. The minimum Gasteiger partial charge on any atom is -0.484 e. The molecular weight excluding hydrogens is 443 g/mol. The predicted octanol–water partition coefficient (Wildman–Crippen LogP) is 5.01. The lowest BCUT2D eigenvalue weighted by Crippen LogP contribution is -2.52. The van der Waals surface area contributed by atoms with Crippen molar-refractivity contribution in [3.8, 4) is 5.75 Å². The van der Waals surface area contributed by atoms with Crippen LogP contribution >= 0.6 is 0 Å². The molecule has 3 aromatic rings. The van der Waals surface area contributed by atoms with Crippen molar-refractivity contribution in [1.29, 1.82) is 0 Å². The van der Waals surface area contributed by atoms with Gasteiger partial charge in [0.2, 0.25) is 5.91 Å². The van der Waals surface area contributed by atoms with Crippen molar-refractivity contribution in [2.75, 3.05) is 13.2 Å². The highest BCUT2D eigenvalue weighted by atomic mass is 19.1. The molecule has 3 rings (SSSR count). The lowest BCUT2D eigenvalue weighted by molar-refractivity contribution is -0.142. The van der Waals surface area contributed by atoms with Crippen LogP contribution < -0.4 is 10.1 Å². The van der Waals surface area contributed by atoms with E-state index < -0.39 is 6.04 Å². The first-order chi connectivity index (χ1) is 16.9. The molecule has 0 aliphatic carbocycles. The number of nitrogens with zero attached hydrogens (tertiary/aromatic N) is 1. The number of hydrogen-bond acceptors (Lipinski definition) is 3. The zero-order valence-electron chi connectivity index (χ0n) is 20.3. The van der Waals surface area contributed by atoms with Crippen LogP contribution in [-0.4, -0.2) is 35.9 Å².